The van der Waals surface area contributed by atoms with Crippen molar-refractivity contribution in [3.63, 3.8) is 0 Å². The molecule has 4 atom stereocenters. The summed E-state index contributed by atoms with van der Waals surface area (Å²) < 4.78 is 7.98. The predicted molar refractivity (Wildman–Crippen MR) is 99.5 cm³/mol. The number of ether oxygens (including phenoxy) is 1. The summed E-state index contributed by atoms with van der Waals surface area (Å²) in [4.78, 5) is 34.1. The van der Waals surface area contributed by atoms with Crippen LogP contribution in [0.2, 0.25) is 0 Å². The third-order valence-electron chi connectivity index (χ3n) is 5.79. The Morgan fingerprint density at radius 2 is 2.25 bits per heavy atom. The summed E-state index contributed by atoms with van der Waals surface area (Å²) in [5, 5.41) is 16.8. The lowest BCUT2D eigenvalue weighted by Gasteiger charge is -2.29. The first-order valence-corrected chi connectivity index (χ1v) is 9.39. The molecule has 10 nitrogen and oxygen atoms in total. The molecule has 0 aromatic carbocycles. The molecule has 3 saturated heterocycles. The third-order valence-corrected chi connectivity index (χ3v) is 5.79. The molecule has 4 heterocycles. The Morgan fingerprint density at radius 1 is 1.50 bits per heavy atom. The number of carbonyl (C=O) groups is 3. The minimum atomic E-state index is -0.250. The quantitative estimate of drug-likeness (QED) is 0.585. The summed E-state index contributed by atoms with van der Waals surface area (Å²) in [6.07, 6.45) is 4.15. The predicted octanol–water partition coefficient (Wildman–Crippen LogP) is -0.325. The molecule has 10 heteroatoms. The van der Waals surface area contributed by atoms with Gasteiger partial charge < -0.3 is 20.5 Å². The highest BCUT2D eigenvalue weighted by Gasteiger charge is 2.62. The van der Waals surface area contributed by atoms with Crippen LogP contribution in [0.4, 0.5) is 5.82 Å². The molecule has 1 aromatic heterocycles. The molecule has 3 N–H and O–H groups in total. The summed E-state index contributed by atoms with van der Waals surface area (Å²) >= 11 is 0. The van der Waals surface area contributed by atoms with Crippen LogP contribution in [0.3, 0.4) is 0 Å². The largest absolute Gasteiger partial charge is 0.483 e. The van der Waals surface area contributed by atoms with E-state index in [1.165, 1.54) is 0 Å². The van der Waals surface area contributed by atoms with Gasteiger partial charge in [0.1, 0.15) is 0 Å². The van der Waals surface area contributed by atoms with Gasteiger partial charge in [-0.25, -0.2) is 0 Å². The zero-order valence-electron chi connectivity index (χ0n) is 16.1. The second-order valence-corrected chi connectivity index (χ2v) is 7.67. The van der Waals surface area contributed by atoms with Crippen molar-refractivity contribution in [3.8, 4) is 0 Å². The minimum absolute atomic E-state index is 0.00131. The van der Waals surface area contributed by atoms with E-state index in [1.807, 2.05) is 7.05 Å². The maximum Gasteiger partial charge on any atom is 0.290 e. The van der Waals surface area contributed by atoms with E-state index >= 15 is 0 Å². The van der Waals surface area contributed by atoms with Gasteiger partial charge in [-0.3, -0.25) is 24.0 Å². The Labute approximate surface area is 163 Å². The number of amides is 2. The number of rotatable bonds is 5. The first-order valence-electron chi connectivity index (χ1n) is 9.39. The molecule has 2 amide bonds. The number of fused-ring (bicyclic) bond motifs is 1. The Kier molecular flexibility index (Phi) is 5.99. The fourth-order valence-corrected chi connectivity index (χ4v) is 4.81. The van der Waals surface area contributed by atoms with Gasteiger partial charge >= 0.3 is 0 Å². The molecule has 4 rings (SSSR count). The molecule has 3 aliphatic heterocycles. The second-order valence-electron chi connectivity index (χ2n) is 7.67. The molecular weight excluding hydrogens is 366 g/mol. The number of hydrogen-bond acceptors (Lipinski definition) is 6. The van der Waals surface area contributed by atoms with Crippen LogP contribution in [0.15, 0.2) is 12.3 Å². The van der Waals surface area contributed by atoms with Gasteiger partial charge in [0.15, 0.2) is 5.82 Å². The number of nitrogens with zero attached hydrogens (tertiary/aromatic N) is 3. The summed E-state index contributed by atoms with van der Waals surface area (Å²) in [5.74, 6) is 1.26. The highest BCUT2D eigenvalue weighted by molar-refractivity contribution is 5.91. The van der Waals surface area contributed by atoms with E-state index in [1.54, 1.807) is 23.9 Å². The monoisotopic (exact) mass is 393 g/mol. The number of hydrogen-bond donors (Lipinski definition) is 3. The number of carbonyl (C=O) groups excluding carboxylic acids is 2. The van der Waals surface area contributed by atoms with E-state index < -0.39 is 0 Å². The Bertz CT molecular complexity index is 738. The topological polar surface area (TPSA) is 126 Å². The van der Waals surface area contributed by atoms with Gasteiger partial charge in [-0.15, -0.1) is 0 Å². The van der Waals surface area contributed by atoms with Crippen LogP contribution >= 0.6 is 0 Å². The first kappa shape index (κ1) is 20.3. The van der Waals surface area contributed by atoms with Crippen LogP contribution in [0.25, 0.3) is 0 Å². The highest BCUT2D eigenvalue weighted by atomic mass is 16.5. The zero-order valence-corrected chi connectivity index (χ0v) is 16.1. The standard InChI is InChI=1S/C17H25N5O3.CH2O2/c1-11(23)18-7-12-13-8-22(10-17(13)5-3-14(12)25-17)9-16(24)19-15-4-6-21(2)20-15;2-1-3/h4,6,12-14H,3,5,7-10H2,1-2H3,(H,18,23)(H,19,20,24);1H,(H,2,3)/t12-,13+,14+,17+;/m0./s1. The fraction of sp³-hybridized carbons (Fsp3) is 0.667. The number of aromatic nitrogens is 2. The average Bonchev–Trinajstić information content (AvgIpc) is 3.34. The van der Waals surface area contributed by atoms with E-state index in [0.717, 1.165) is 25.9 Å². The van der Waals surface area contributed by atoms with Crippen LogP contribution in [-0.4, -0.2) is 76.0 Å². The lowest BCUT2D eigenvalue weighted by Crippen LogP contribution is -2.41. The summed E-state index contributed by atoms with van der Waals surface area (Å²) in [6.45, 7) is 3.94. The molecule has 3 aliphatic rings. The van der Waals surface area contributed by atoms with Crippen molar-refractivity contribution < 1.29 is 24.2 Å². The van der Waals surface area contributed by atoms with E-state index in [4.69, 9.17) is 14.6 Å². The number of likely N-dealkylation sites (tertiary alicyclic amines) is 1. The molecule has 3 fully saturated rings. The first-order chi connectivity index (χ1) is 13.4. The van der Waals surface area contributed by atoms with Crippen LogP contribution in [0.5, 0.6) is 0 Å². The lowest BCUT2D eigenvalue weighted by molar-refractivity contribution is -0.123. The van der Waals surface area contributed by atoms with Crippen molar-refractivity contribution in [3.05, 3.63) is 12.3 Å². The zero-order chi connectivity index (χ0) is 20.3. The lowest BCUT2D eigenvalue weighted by atomic mass is 9.73. The van der Waals surface area contributed by atoms with Crippen molar-refractivity contribution in [2.24, 2.45) is 18.9 Å². The van der Waals surface area contributed by atoms with Crippen LogP contribution in [-0.2, 0) is 26.2 Å². The number of carboxylic acid groups (broad SMARTS) is 1. The van der Waals surface area contributed by atoms with Gasteiger partial charge in [0.05, 0.1) is 18.2 Å². The van der Waals surface area contributed by atoms with Crippen LogP contribution in [0, 0.1) is 11.8 Å². The Balaban J connectivity index is 0.000000706. The van der Waals surface area contributed by atoms with Crippen molar-refractivity contribution >= 4 is 24.1 Å². The van der Waals surface area contributed by atoms with Gasteiger partial charge in [0.25, 0.3) is 6.47 Å². The van der Waals surface area contributed by atoms with Crippen LogP contribution < -0.4 is 10.6 Å². The Morgan fingerprint density at radius 3 is 2.89 bits per heavy atom. The molecule has 154 valence electrons. The smallest absolute Gasteiger partial charge is 0.290 e. The maximum absolute atomic E-state index is 12.3. The molecule has 1 aromatic rings. The summed E-state index contributed by atoms with van der Waals surface area (Å²) in [5.41, 5.74) is -0.126. The number of anilines is 1. The van der Waals surface area contributed by atoms with Gasteiger partial charge in [-0.05, 0) is 12.8 Å². The average molecular weight is 393 g/mol. The molecule has 2 bridgehead atoms. The van der Waals surface area contributed by atoms with E-state index in [9.17, 15) is 9.59 Å². The molecule has 1 spiro atoms. The third kappa shape index (κ3) is 4.17. The minimum Gasteiger partial charge on any atom is -0.483 e. The SMILES string of the molecule is CC(=O)NC[C@H]1[C@H]2CN(CC(=O)Nc3ccn(C)n3)C[C@]23CC[C@H]1O3.O=CO. The Hall–Kier alpha value is -2.46. The normalized spacial score (nSPS) is 30.3. The maximum atomic E-state index is 12.3. The van der Waals surface area contributed by atoms with Gasteiger partial charge in [-0.1, -0.05) is 0 Å². The van der Waals surface area contributed by atoms with Crippen molar-refractivity contribution in [2.45, 2.75) is 31.5 Å². The number of aryl methyl sites for hydroxylation is 1. The highest BCUT2D eigenvalue weighted by Crippen LogP contribution is 2.54. The van der Waals surface area contributed by atoms with Crippen LogP contribution in [0.1, 0.15) is 19.8 Å². The second kappa shape index (κ2) is 8.27. The van der Waals surface area contributed by atoms with Gasteiger partial charge in [0.2, 0.25) is 11.8 Å². The fourth-order valence-electron chi connectivity index (χ4n) is 4.81. The molecule has 0 saturated carbocycles. The van der Waals surface area contributed by atoms with E-state index in [0.29, 0.717) is 30.7 Å². The van der Waals surface area contributed by atoms with E-state index in [2.05, 4.69) is 20.6 Å². The van der Waals surface area contributed by atoms with Gasteiger partial charge in [-0.2, -0.15) is 5.10 Å². The van der Waals surface area contributed by atoms with Crippen molar-refractivity contribution in [1.29, 1.82) is 0 Å². The molecule has 0 aliphatic carbocycles. The summed E-state index contributed by atoms with van der Waals surface area (Å²) in [7, 11) is 1.82. The van der Waals surface area contributed by atoms with Crippen molar-refractivity contribution in [1.82, 2.24) is 20.0 Å². The molecule has 28 heavy (non-hydrogen) atoms. The molecule has 0 unspecified atom stereocenters. The molecule has 0 radical (unpaired) electrons. The van der Waals surface area contributed by atoms with Crippen molar-refractivity contribution in [2.75, 3.05) is 31.5 Å². The molecular formula is C18H27N5O5. The number of nitrogens with one attached hydrogen (secondary N) is 2. The van der Waals surface area contributed by atoms with E-state index in [-0.39, 0.29) is 30.0 Å². The summed E-state index contributed by atoms with van der Waals surface area (Å²) in [6, 6.07) is 1.78. The van der Waals surface area contributed by atoms with Gasteiger partial charge in [0, 0.05) is 57.7 Å².